The zero-order chi connectivity index (χ0) is 17.0. The monoisotopic (exact) mass is 352 g/mol. The van der Waals surface area contributed by atoms with Crippen LogP contribution >= 0.6 is 23.1 Å². The predicted molar refractivity (Wildman–Crippen MR) is 99.4 cm³/mol. The first-order valence-corrected chi connectivity index (χ1v) is 9.92. The Hall–Kier alpha value is -1.27. The molecular weight excluding hydrogens is 328 g/mol. The first-order valence-electron chi connectivity index (χ1n) is 7.71. The molecule has 0 spiro atoms. The van der Waals surface area contributed by atoms with Gasteiger partial charge in [-0.2, -0.15) is 16.8 Å². The van der Waals surface area contributed by atoms with Gasteiger partial charge in [0.2, 0.25) is 0 Å². The van der Waals surface area contributed by atoms with Crippen LogP contribution < -0.4 is 9.54 Å². The number of amides is 1. The number of hydrogen-bond donors (Lipinski definition) is 0. The minimum atomic E-state index is -0.468. The van der Waals surface area contributed by atoms with E-state index in [2.05, 4.69) is 21.9 Å². The Morgan fingerprint density at radius 2 is 2.13 bits per heavy atom. The van der Waals surface area contributed by atoms with Gasteiger partial charge in [-0.05, 0) is 31.4 Å². The van der Waals surface area contributed by atoms with Crippen molar-refractivity contribution >= 4 is 39.2 Å². The van der Waals surface area contributed by atoms with Crippen molar-refractivity contribution in [3.05, 3.63) is 23.0 Å². The molecule has 6 heteroatoms. The Balaban J connectivity index is 2.57. The highest BCUT2D eigenvalue weighted by Gasteiger charge is 2.21. The first-order chi connectivity index (χ1) is 10.9. The topological polar surface area (TPSA) is 43.6 Å². The molecule has 2 aromatic rings. The van der Waals surface area contributed by atoms with Crippen molar-refractivity contribution in [2.45, 2.75) is 34.2 Å². The van der Waals surface area contributed by atoms with E-state index < -0.39 is 5.41 Å². The van der Waals surface area contributed by atoms with Crippen LogP contribution in [0.15, 0.2) is 23.2 Å². The molecule has 0 bridgehead atoms. The Morgan fingerprint density at radius 3 is 2.74 bits per heavy atom. The number of rotatable bonds is 5. The summed E-state index contributed by atoms with van der Waals surface area (Å²) in [5.41, 5.74) is 0.636. The van der Waals surface area contributed by atoms with Crippen LogP contribution in [0.5, 0.6) is 5.75 Å². The lowest BCUT2D eigenvalue weighted by Crippen LogP contribution is -2.24. The second-order valence-electron chi connectivity index (χ2n) is 6.26. The maximum Gasteiger partial charge on any atom is 0.253 e. The summed E-state index contributed by atoms with van der Waals surface area (Å²) in [6.45, 7) is 9.14. The van der Waals surface area contributed by atoms with E-state index in [0.29, 0.717) is 6.61 Å². The third kappa shape index (κ3) is 4.38. The Bertz CT molecular complexity index is 754. The van der Waals surface area contributed by atoms with Crippen LogP contribution in [-0.4, -0.2) is 29.1 Å². The fourth-order valence-corrected chi connectivity index (χ4v) is 3.50. The lowest BCUT2D eigenvalue weighted by atomic mass is 9.96. The molecule has 1 heterocycles. The average Bonchev–Trinajstić information content (AvgIpc) is 2.81. The number of thiazole rings is 1. The smallest absolute Gasteiger partial charge is 0.253 e. The van der Waals surface area contributed by atoms with Crippen LogP contribution in [0.1, 0.15) is 27.7 Å². The van der Waals surface area contributed by atoms with Gasteiger partial charge in [0.15, 0.2) is 4.80 Å². The zero-order valence-corrected chi connectivity index (χ0v) is 16.0. The van der Waals surface area contributed by atoms with Crippen LogP contribution in [-0.2, 0) is 11.3 Å². The summed E-state index contributed by atoms with van der Waals surface area (Å²) in [7, 11) is 0. The third-order valence-electron chi connectivity index (χ3n) is 3.32. The molecule has 0 atom stereocenters. The van der Waals surface area contributed by atoms with Gasteiger partial charge in [-0.3, -0.25) is 4.79 Å². The highest BCUT2D eigenvalue weighted by molar-refractivity contribution is 7.98. The SMILES string of the molecule is CCOc1ccc2c(c1)sc(=NC(=O)C(C)(C)C)n2CCSC. The molecule has 1 amide bonds. The van der Waals surface area contributed by atoms with Crippen molar-refractivity contribution in [3.63, 3.8) is 0 Å². The van der Waals surface area contributed by atoms with Gasteiger partial charge in [0.25, 0.3) is 5.91 Å². The number of carbonyl (C=O) groups excluding carboxylic acids is 1. The summed E-state index contributed by atoms with van der Waals surface area (Å²) >= 11 is 3.33. The van der Waals surface area contributed by atoms with E-state index in [0.717, 1.165) is 33.1 Å². The van der Waals surface area contributed by atoms with Gasteiger partial charge in [0.1, 0.15) is 5.75 Å². The van der Waals surface area contributed by atoms with Crippen LogP contribution in [0.4, 0.5) is 0 Å². The molecule has 1 aromatic heterocycles. The van der Waals surface area contributed by atoms with Gasteiger partial charge in [-0.15, -0.1) is 0 Å². The van der Waals surface area contributed by atoms with E-state index in [-0.39, 0.29) is 5.91 Å². The second-order valence-corrected chi connectivity index (χ2v) is 8.25. The van der Waals surface area contributed by atoms with E-state index in [1.807, 2.05) is 39.8 Å². The molecule has 0 radical (unpaired) electrons. The number of fused-ring (bicyclic) bond motifs is 1. The number of hydrogen-bond acceptors (Lipinski definition) is 4. The van der Waals surface area contributed by atoms with E-state index in [4.69, 9.17) is 4.74 Å². The number of aryl methyl sites for hydroxylation is 1. The van der Waals surface area contributed by atoms with Crippen molar-refractivity contribution in [1.82, 2.24) is 4.57 Å². The number of ether oxygens (including phenoxy) is 1. The van der Waals surface area contributed by atoms with E-state index in [9.17, 15) is 4.79 Å². The fourth-order valence-electron chi connectivity index (χ4n) is 2.05. The predicted octanol–water partition coefficient (Wildman–Crippen LogP) is 3.94. The Morgan fingerprint density at radius 1 is 1.39 bits per heavy atom. The highest BCUT2D eigenvalue weighted by Crippen LogP contribution is 2.24. The quantitative estimate of drug-likeness (QED) is 0.819. The molecule has 126 valence electrons. The van der Waals surface area contributed by atoms with E-state index >= 15 is 0 Å². The van der Waals surface area contributed by atoms with Crippen LogP contribution in [0.2, 0.25) is 0 Å². The standard InChI is InChI=1S/C17H24N2O2S2/c1-6-21-12-7-8-13-14(11-12)23-16(19(13)9-10-22-5)18-15(20)17(2,3)4/h7-8,11H,6,9-10H2,1-5H3. The number of carbonyl (C=O) groups is 1. The number of nitrogens with zero attached hydrogens (tertiary/aromatic N) is 2. The lowest BCUT2D eigenvalue weighted by molar-refractivity contribution is -0.125. The molecular formula is C17H24N2O2S2. The van der Waals surface area contributed by atoms with E-state index in [1.165, 1.54) is 0 Å². The molecule has 0 saturated carbocycles. The van der Waals surface area contributed by atoms with Crippen molar-refractivity contribution in [1.29, 1.82) is 0 Å². The zero-order valence-electron chi connectivity index (χ0n) is 14.4. The maximum absolute atomic E-state index is 12.3. The van der Waals surface area contributed by atoms with Gasteiger partial charge in [0.05, 0.1) is 16.8 Å². The Labute approximate surface area is 145 Å². The molecule has 0 aliphatic rings. The number of thioether (sulfide) groups is 1. The molecule has 4 nitrogen and oxygen atoms in total. The van der Waals surface area contributed by atoms with Crippen LogP contribution in [0.3, 0.4) is 0 Å². The molecule has 23 heavy (non-hydrogen) atoms. The maximum atomic E-state index is 12.3. The minimum absolute atomic E-state index is 0.0908. The first kappa shape index (κ1) is 18.1. The molecule has 0 N–H and O–H groups in total. The molecule has 0 unspecified atom stereocenters. The van der Waals surface area contributed by atoms with Crippen molar-refractivity contribution in [3.8, 4) is 5.75 Å². The molecule has 0 aliphatic carbocycles. The van der Waals surface area contributed by atoms with Gasteiger partial charge < -0.3 is 9.30 Å². The molecule has 0 aliphatic heterocycles. The molecule has 2 rings (SSSR count). The van der Waals surface area contributed by atoms with Gasteiger partial charge in [-0.25, -0.2) is 0 Å². The van der Waals surface area contributed by atoms with Crippen LogP contribution in [0.25, 0.3) is 10.2 Å². The molecule has 0 saturated heterocycles. The number of benzene rings is 1. The average molecular weight is 353 g/mol. The molecule has 0 fully saturated rings. The van der Waals surface area contributed by atoms with Crippen LogP contribution in [0, 0.1) is 5.41 Å². The highest BCUT2D eigenvalue weighted by atomic mass is 32.2. The normalized spacial score (nSPS) is 12.8. The summed E-state index contributed by atoms with van der Waals surface area (Å²) in [6.07, 6.45) is 2.08. The summed E-state index contributed by atoms with van der Waals surface area (Å²) in [5.74, 6) is 1.75. The summed E-state index contributed by atoms with van der Waals surface area (Å²) in [6, 6.07) is 6.06. The van der Waals surface area contributed by atoms with E-state index in [1.54, 1.807) is 23.1 Å². The van der Waals surface area contributed by atoms with Gasteiger partial charge in [0, 0.05) is 17.7 Å². The van der Waals surface area contributed by atoms with Crippen molar-refractivity contribution < 1.29 is 9.53 Å². The van der Waals surface area contributed by atoms with Gasteiger partial charge in [-0.1, -0.05) is 32.1 Å². The minimum Gasteiger partial charge on any atom is -0.494 e. The third-order valence-corrected chi connectivity index (χ3v) is 4.95. The van der Waals surface area contributed by atoms with Crippen molar-refractivity contribution in [2.75, 3.05) is 18.6 Å². The lowest BCUT2D eigenvalue weighted by Gasteiger charge is -2.12. The number of aromatic nitrogens is 1. The summed E-state index contributed by atoms with van der Waals surface area (Å²) in [4.78, 5) is 17.5. The summed E-state index contributed by atoms with van der Waals surface area (Å²) in [5, 5.41) is 0. The Kier molecular flexibility index (Phi) is 5.92. The fraction of sp³-hybridized carbons (Fsp3) is 0.529. The second kappa shape index (κ2) is 7.53. The van der Waals surface area contributed by atoms with Gasteiger partial charge >= 0.3 is 0 Å². The largest absolute Gasteiger partial charge is 0.494 e. The van der Waals surface area contributed by atoms with Crippen molar-refractivity contribution in [2.24, 2.45) is 10.4 Å². The molecule has 1 aromatic carbocycles. The summed E-state index contributed by atoms with van der Waals surface area (Å²) < 4.78 is 8.81.